The lowest BCUT2D eigenvalue weighted by Crippen LogP contribution is -2.45. The van der Waals surface area contributed by atoms with Gasteiger partial charge in [-0.25, -0.2) is 0 Å². The number of hydrogen-bond donors (Lipinski definition) is 0. The molecule has 31 heavy (non-hydrogen) atoms. The highest BCUT2D eigenvalue weighted by Gasteiger charge is 2.31. The first-order valence-electron chi connectivity index (χ1n) is 10.8. The lowest BCUT2D eigenvalue weighted by molar-refractivity contribution is -0.130. The summed E-state index contributed by atoms with van der Waals surface area (Å²) >= 11 is 0. The summed E-state index contributed by atoms with van der Waals surface area (Å²) in [6.45, 7) is 5.74. The van der Waals surface area contributed by atoms with Crippen LogP contribution < -0.4 is 14.5 Å². The lowest BCUT2D eigenvalue weighted by atomic mass is 10.1. The highest BCUT2D eigenvalue weighted by atomic mass is 16.5. The van der Waals surface area contributed by atoms with Crippen LogP contribution in [0.5, 0.6) is 5.75 Å². The molecule has 7 nitrogen and oxygen atoms in total. The maximum Gasteiger partial charge on any atom is 0.267 e. The van der Waals surface area contributed by atoms with Gasteiger partial charge < -0.3 is 24.2 Å². The molecule has 2 aromatic carbocycles. The molecule has 4 rings (SSSR count). The molecule has 0 spiro atoms. The van der Waals surface area contributed by atoms with E-state index in [-0.39, 0.29) is 18.2 Å². The van der Waals surface area contributed by atoms with Gasteiger partial charge in [-0.2, -0.15) is 0 Å². The number of carbonyl (C=O) groups excluding carboxylic acids is 2. The Labute approximate surface area is 183 Å². The van der Waals surface area contributed by atoms with Gasteiger partial charge in [0.25, 0.3) is 5.91 Å². The standard InChI is InChI=1S/C24H29N3O4/c1-18-24(29)27(21-9-5-6-10-22(21)31-18)12-11-23(28)25(2)17-19-7-3-4-8-20(19)26-13-15-30-16-14-26/h3-10,18H,11-17H2,1-2H3. The van der Waals surface area contributed by atoms with Crippen molar-refractivity contribution in [2.24, 2.45) is 0 Å². The van der Waals surface area contributed by atoms with Crippen molar-refractivity contribution in [3.8, 4) is 5.75 Å². The second kappa shape index (κ2) is 9.39. The average molecular weight is 424 g/mol. The molecule has 164 valence electrons. The van der Waals surface area contributed by atoms with Crippen LogP contribution in [0.15, 0.2) is 48.5 Å². The Kier molecular flexibility index (Phi) is 6.42. The number of ether oxygens (including phenoxy) is 2. The zero-order valence-corrected chi connectivity index (χ0v) is 18.1. The van der Waals surface area contributed by atoms with Crippen molar-refractivity contribution in [1.82, 2.24) is 4.90 Å². The average Bonchev–Trinajstić information content (AvgIpc) is 2.80. The topological polar surface area (TPSA) is 62.3 Å². The van der Waals surface area contributed by atoms with Crippen LogP contribution in [0.1, 0.15) is 18.9 Å². The van der Waals surface area contributed by atoms with Crippen LogP contribution in [0.4, 0.5) is 11.4 Å². The van der Waals surface area contributed by atoms with Crippen molar-refractivity contribution >= 4 is 23.2 Å². The van der Waals surface area contributed by atoms with Gasteiger partial charge in [0, 0.05) is 45.3 Å². The van der Waals surface area contributed by atoms with E-state index in [4.69, 9.17) is 9.47 Å². The Morgan fingerprint density at radius 3 is 2.52 bits per heavy atom. The Balaban J connectivity index is 1.41. The molecule has 2 amide bonds. The largest absolute Gasteiger partial charge is 0.479 e. The minimum atomic E-state index is -0.553. The van der Waals surface area contributed by atoms with Crippen LogP contribution in [-0.2, 0) is 20.9 Å². The Morgan fingerprint density at radius 1 is 1.06 bits per heavy atom. The van der Waals surface area contributed by atoms with E-state index >= 15 is 0 Å². The smallest absolute Gasteiger partial charge is 0.267 e. The summed E-state index contributed by atoms with van der Waals surface area (Å²) in [5, 5.41) is 0. The molecule has 0 saturated carbocycles. The fourth-order valence-electron chi connectivity index (χ4n) is 4.09. The number of para-hydroxylation sites is 3. The van der Waals surface area contributed by atoms with E-state index in [1.54, 1.807) is 16.7 Å². The second-order valence-electron chi connectivity index (χ2n) is 7.95. The molecule has 2 aliphatic heterocycles. The highest BCUT2D eigenvalue weighted by Crippen LogP contribution is 2.33. The van der Waals surface area contributed by atoms with Gasteiger partial charge in [-0.05, 0) is 30.7 Å². The Bertz CT molecular complexity index is 942. The molecule has 7 heteroatoms. The van der Waals surface area contributed by atoms with Crippen molar-refractivity contribution < 1.29 is 19.1 Å². The fraction of sp³-hybridized carbons (Fsp3) is 0.417. The third kappa shape index (κ3) is 4.66. The summed E-state index contributed by atoms with van der Waals surface area (Å²) in [5.74, 6) is 0.558. The molecule has 2 heterocycles. The SMILES string of the molecule is CC1Oc2ccccc2N(CCC(=O)N(C)Cc2ccccc2N2CCOCC2)C1=O. The van der Waals surface area contributed by atoms with Gasteiger partial charge in [0.15, 0.2) is 6.10 Å². The first kappa shape index (κ1) is 21.2. The lowest BCUT2D eigenvalue weighted by Gasteiger charge is -2.33. The summed E-state index contributed by atoms with van der Waals surface area (Å²) in [7, 11) is 1.82. The molecule has 1 unspecified atom stereocenters. The third-order valence-electron chi connectivity index (χ3n) is 5.80. The molecule has 1 atom stereocenters. The fourth-order valence-corrected chi connectivity index (χ4v) is 4.09. The quantitative estimate of drug-likeness (QED) is 0.715. The predicted molar refractivity (Wildman–Crippen MR) is 119 cm³/mol. The molecule has 2 aromatic rings. The number of hydrogen-bond acceptors (Lipinski definition) is 5. The molecule has 0 radical (unpaired) electrons. The number of carbonyl (C=O) groups is 2. The number of fused-ring (bicyclic) bond motifs is 1. The Morgan fingerprint density at radius 2 is 1.74 bits per heavy atom. The minimum Gasteiger partial charge on any atom is -0.479 e. The highest BCUT2D eigenvalue weighted by molar-refractivity contribution is 6.00. The first-order chi connectivity index (χ1) is 15.0. The molecule has 0 N–H and O–H groups in total. The van der Waals surface area contributed by atoms with Crippen LogP contribution in [0.3, 0.4) is 0 Å². The third-order valence-corrected chi connectivity index (χ3v) is 5.80. The van der Waals surface area contributed by atoms with Crippen molar-refractivity contribution in [3.05, 3.63) is 54.1 Å². The molecule has 0 aromatic heterocycles. The van der Waals surface area contributed by atoms with Gasteiger partial charge in [0.2, 0.25) is 5.91 Å². The van der Waals surface area contributed by atoms with Crippen LogP contribution >= 0.6 is 0 Å². The number of nitrogens with zero attached hydrogens (tertiary/aromatic N) is 3. The van der Waals surface area contributed by atoms with Gasteiger partial charge in [-0.15, -0.1) is 0 Å². The number of benzene rings is 2. The van der Waals surface area contributed by atoms with Crippen LogP contribution in [0.2, 0.25) is 0 Å². The second-order valence-corrected chi connectivity index (χ2v) is 7.95. The summed E-state index contributed by atoms with van der Waals surface area (Å²) < 4.78 is 11.1. The normalized spacial score (nSPS) is 18.4. The van der Waals surface area contributed by atoms with Gasteiger partial charge >= 0.3 is 0 Å². The van der Waals surface area contributed by atoms with E-state index < -0.39 is 6.10 Å². The summed E-state index contributed by atoms with van der Waals surface area (Å²) in [4.78, 5) is 31.2. The maximum atomic E-state index is 12.9. The van der Waals surface area contributed by atoms with Gasteiger partial charge in [0.1, 0.15) is 5.75 Å². The molecule has 1 fully saturated rings. The molecule has 0 aliphatic carbocycles. The predicted octanol–water partition coefficient (Wildman–Crippen LogP) is 2.69. The van der Waals surface area contributed by atoms with Crippen molar-refractivity contribution in [3.63, 3.8) is 0 Å². The summed E-state index contributed by atoms with van der Waals surface area (Å²) in [5.41, 5.74) is 2.98. The zero-order valence-electron chi connectivity index (χ0n) is 18.1. The van der Waals surface area contributed by atoms with Gasteiger partial charge in [-0.3, -0.25) is 9.59 Å². The number of morpholine rings is 1. The van der Waals surface area contributed by atoms with Crippen LogP contribution in [-0.4, -0.2) is 62.7 Å². The summed E-state index contributed by atoms with van der Waals surface area (Å²) in [6, 6.07) is 15.6. The Hall–Kier alpha value is -3.06. The van der Waals surface area contributed by atoms with E-state index in [9.17, 15) is 9.59 Å². The first-order valence-corrected chi connectivity index (χ1v) is 10.8. The molecule has 2 aliphatic rings. The van der Waals surface area contributed by atoms with E-state index in [0.29, 0.717) is 18.8 Å². The molecule has 0 bridgehead atoms. The van der Waals surface area contributed by atoms with Crippen molar-refractivity contribution in [2.75, 3.05) is 49.7 Å². The van der Waals surface area contributed by atoms with E-state index in [1.165, 1.54) is 0 Å². The van der Waals surface area contributed by atoms with E-state index in [2.05, 4.69) is 17.0 Å². The monoisotopic (exact) mass is 423 g/mol. The number of anilines is 2. The van der Waals surface area contributed by atoms with Crippen LogP contribution in [0, 0.1) is 0 Å². The maximum absolute atomic E-state index is 12.9. The van der Waals surface area contributed by atoms with Crippen molar-refractivity contribution in [2.45, 2.75) is 26.0 Å². The van der Waals surface area contributed by atoms with Crippen molar-refractivity contribution in [1.29, 1.82) is 0 Å². The zero-order chi connectivity index (χ0) is 21.8. The van der Waals surface area contributed by atoms with Gasteiger partial charge in [-0.1, -0.05) is 30.3 Å². The van der Waals surface area contributed by atoms with Crippen LogP contribution in [0.25, 0.3) is 0 Å². The molecular weight excluding hydrogens is 394 g/mol. The van der Waals surface area contributed by atoms with Gasteiger partial charge in [0.05, 0.1) is 18.9 Å². The summed E-state index contributed by atoms with van der Waals surface area (Å²) in [6.07, 6.45) is -0.300. The minimum absolute atomic E-state index is 0.00112. The number of amides is 2. The van der Waals surface area contributed by atoms with E-state index in [1.807, 2.05) is 43.4 Å². The van der Waals surface area contributed by atoms with E-state index in [0.717, 1.165) is 43.2 Å². The number of rotatable bonds is 6. The molecule has 1 saturated heterocycles. The molecular formula is C24H29N3O4.